The van der Waals surface area contributed by atoms with Crippen LogP contribution in [-0.2, 0) is 14.8 Å². The molecule has 2 aromatic rings. The van der Waals surface area contributed by atoms with Crippen molar-refractivity contribution in [2.24, 2.45) is 0 Å². The summed E-state index contributed by atoms with van der Waals surface area (Å²) < 4.78 is 57.3. The molecule has 0 aliphatic rings. The molecule has 0 fully saturated rings. The maximum Gasteiger partial charge on any atom is 0.247 e. The molecule has 6 nitrogen and oxygen atoms in total. The Balaban J connectivity index is 2.27. The van der Waals surface area contributed by atoms with Gasteiger partial charge in [-0.3, -0.25) is 9.10 Å². The van der Waals surface area contributed by atoms with E-state index in [1.807, 2.05) is 0 Å². The molecule has 0 aliphatic heterocycles. The second-order valence-electron chi connectivity index (χ2n) is 5.95. The summed E-state index contributed by atoms with van der Waals surface area (Å²) in [5.41, 5.74) is 0.226. The Bertz CT molecular complexity index is 980. The van der Waals surface area contributed by atoms with Gasteiger partial charge in [-0.15, -0.1) is 0 Å². The van der Waals surface area contributed by atoms with E-state index in [0.29, 0.717) is 11.4 Å². The van der Waals surface area contributed by atoms with Crippen molar-refractivity contribution in [2.45, 2.75) is 13.0 Å². The lowest BCUT2D eigenvalue weighted by molar-refractivity contribution is -0.116. The van der Waals surface area contributed by atoms with Crippen LogP contribution < -0.4 is 14.4 Å². The second-order valence-corrected chi connectivity index (χ2v) is 7.81. The van der Waals surface area contributed by atoms with Crippen LogP contribution in [-0.4, -0.2) is 33.2 Å². The molecule has 0 aromatic heterocycles. The average molecular weight is 410 g/mol. The molecular weight excluding hydrogens is 390 g/mol. The minimum atomic E-state index is -3.96. The van der Waals surface area contributed by atoms with Crippen LogP contribution in [0.15, 0.2) is 55.1 Å². The monoisotopic (exact) mass is 410 g/mol. The molecule has 0 saturated heterocycles. The first kappa shape index (κ1) is 21.4. The normalized spacial score (nSPS) is 12.1. The van der Waals surface area contributed by atoms with Gasteiger partial charge in [0.2, 0.25) is 15.9 Å². The van der Waals surface area contributed by atoms with Crippen molar-refractivity contribution in [3.8, 4) is 5.75 Å². The SMILES string of the molecule is C=CCOc1cccc(NC(=O)C(C)N(c2ccc(F)c(F)c2)S(C)(=O)=O)c1. The predicted octanol–water partition coefficient (Wildman–Crippen LogP) is 3.32. The number of carbonyl (C=O) groups excluding carboxylic acids is 1. The Morgan fingerprint density at radius 3 is 2.57 bits per heavy atom. The van der Waals surface area contributed by atoms with Crippen molar-refractivity contribution in [3.63, 3.8) is 0 Å². The van der Waals surface area contributed by atoms with Crippen LogP contribution in [0.1, 0.15) is 6.92 Å². The molecule has 150 valence electrons. The molecule has 1 unspecified atom stereocenters. The number of hydrogen-bond donors (Lipinski definition) is 1. The van der Waals surface area contributed by atoms with E-state index in [9.17, 15) is 22.0 Å². The number of benzene rings is 2. The Hall–Kier alpha value is -2.94. The van der Waals surface area contributed by atoms with Crippen LogP contribution in [0.5, 0.6) is 5.75 Å². The molecule has 0 saturated carbocycles. The fourth-order valence-corrected chi connectivity index (χ4v) is 3.66. The topological polar surface area (TPSA) is 75.7 Å². The van der Waals surface area contributed by atoms with Crippen LogP contribution in [0.3, 0.4) is 0 Å². The summed E-state index contributed by atoms with van der Waals surface area (Å²) in [7, 11) is -3.96. The van der Waals surface area contributed by atoms with Crippen molar-refractivity contribution in [1.29, 1.82) is 0 Å². The molecule has 0 bridgehead atoms. The molecule has 2 aromatic carbocycles. The predicted molar refractivity (Wildman–Crippen MR) is 104 cm³/mol. The van der Waals surface area contributed by atoms with E-state index in [2.05, 4.69) is 11.9 Å². The molecule has 0 heterocycles. The number of carbonyl (C=O) groups is 1. The van der Waals surface area contributed by atoms with E-state index in [0.717, 1.165) is 28.8 Å². The van der Waals surface area contributed by atoms with Crippen molar-refractivity contribution in [3.05, 3.63) is 66.8 Å². The second kappa shape index (κ2) is 8.83. The summed E-state index contributed by atoms with van der Waals surface area (Å²) in [5.74, 6) is -2.50. The average Bonchev–Trinajstić information content (AvgIpc) is 2.62. The number of sulfonamides is 1. The highest BCUT2D eigenvalue weighted by Crippen LogP contribution is 2.24. The van der Waals surface area contributed by atoms with Crippen molar-refractivity contribution in [1.82, 2.24) is 0 Å². The molecule has 9 heteroatoms. The summed E-state index contributed by atoms with van der Waals surface area (Å²) >= 11 is 0. The molecule has 0 radical (unpaired) electrons. The van der Waals surface area contributed by atoms with Crippen LogP contribution in [0.2, 0.25) is 0 Å². The van der Waals surface area contributed by atoms with Crippen LogP contribution in [0.4, 0.5) is 20.2 Å². The number of amides is 1. The maximum absolute atomic E-state index is 13.6. The van der Waals surface area contributed by atoms with E-state index in [1.54, 1.807) is 30.3 Å². The van der Waals surface area contributed by atoms with Crippen molar-refractivity contribution in [2.75, 3.05) is 22.5 Å². The summed E-state index contributed by atoms with van der Waals surface area (Å²) in [6.45, 7) is 5.17. The lowest BCUT2D eigenvalue weighted by Gasteiger charge is -2.28. The van der Waals surface area contributed by atoms with E-state index in [-0.39, 0.29) is 12.3 Å². The van der Waals surface area contributed by atoms with Gasteiger partial charge in [0.1, 0.15) is 18.4 Å². The third-order valence-electron chi connectivity index (χ3n) is 3.72. The van der Waals surface area contributed by atoms with Crippen molar-refractivity contribution >= 4 is 27.3 Å². The first-order valence-electron chi connectivity index (χ1n) is 8.22. The molecule has 0 aliphatic carbocycles. The van der Waals surface area contributed by atoms with Crippen LogP contribution in [0.25, 0.3) is 0 Å². The van der Waals surface area contributed by atoms with Crippen LogP contribution >= 0.6 is 0 Å². The highest BCUT2D eigenvalue weighted by Gasteiger charge is 2.29. The highest BCUT2D eigenvalue weighted by molar-refractivity contribution is 7.92. The maximum atomic E-state index is 13.6. The third kappa shape index (κ3) is 5.29. The van der Waals surface area contributed by atoms with E-state index in [4.69, 9.17) is 4.74 Å². The van der Waals surface area contributed by atoms with Gasteiger partial charge in [0.05, 0.1) is 11.9 Å². The summed E-state index contributed by atoms with van der Waals surface area (Å²) in [6, 6.07) is 7.90. The molecule has 28 heavy (non-hydrogen) atoms. The Labute approximate surface area is 162 Å². The summed E-state index contributed by atoms with van der Waals surface area (Å²) in [4.78, 5) is 12.6. The summed E-state index contributed by atoms with van der Waals surface area (Å²) in [5, 5.41) is 2.59. The molecular formula is C19H20F2N2O4S. The fourth-order valence-electron chi connectivity index (χ4n) is 2.50. The molecule has 1 N–H and O–H groups in total. The number of nitrogens with zero attached hydrogens (tertiary/aromatic N) is 1. The van der Waals surface area contributed by atoms with Gasteiger partial charge >= 0.3 is 0 Å². The van der Waals surface area contributed by atoms with Gasteiger partial charge in [-0.05, 0) is 31.2 Å². The quantitative estimate of drug-likeness (QED) is 0.678. The van der Waals surface area contributed by atoms with Crippen LogP contribution in [0, 0.1) is 11.6 Å². The third-order valence-corrected chi connectivity index (χ3v) is 4.96. The minimum absolute atomic E-state index is 0.160. The number of ether oxygens (including phenoxy) is 1. The highest BCUT2D eigenvalue weighted by atomic mass is 32.2. The first-order chi connectivity index (χ1) is 13.1. The standard InChI is InChI=1S/C19H20F2N2O4S/c1-4-10-27-16-7-5-6-14(11-16)22-19(24)13(2)23(28(3,25)26)15-8-9-17(20)18(21)12-15/h4-9,11-13H,1,10H2,2-3H3,(H,22,24). The van der Waals surface area contributed by atoms with E-state index < -0.39 is 33.6 Å². The molecule has 1 amide bonds. The number of anilines is 2. The lowest BCUT2D eigenvalue weighted by Crippen LogP contribution is -2.45. The largest absolute Gasteiger partial charge is 0.489 e. The summed E-state index contributed by atoms with van der Waals surface area (Å²) in [6.07, 6.45) is 2.45. The Kier molecular flexibility index (Phi) is 6.74. The number of nitrogens with one attached hydrogen (secondary N) is 1. The molecule has 2 rings (SSSR count). The molecule has 1 atom stereocenters. The van der Waals surface area contributed by atoms with Gasteiger partial charge in [-0.1, -0.05) is 18.7 Å². The first-order valence-corrected chi connectivity index (χ1v) is 10.1. The number of hydrogen-bond acceptors (Lipinski definition) is 4. The van der Waals surface area contributed by atoms with Gasteiger partial charge in [0, 0.05) is 17.8 Å². The fraction of sp³-hybridized carbons (Fsp3) is 0.211. The van der Waals surface area contributed by atoms with Crippen molar-refractivity contribution < 1.29 is 26.7 Å². The zero-order chi connectivity index (χ0) is 20.9. The number of rotatable bonds is 8. The zero-order valence-corrected chi connectivity index (χ0v) is 16.2. The van der Waals surface area contributed by atoms with Gasteiger partial charge in [-0.25, -0.2) is 17.2 Å². The van der Waals surface area contributed by atoms with Gasteiger partial charge in [0.15, 0.2) is 11.6 Å². The minimum Gasteiger partial charge on any atom is -0.489 e. The van der Waals surface area contributed by atoms with Gasteiger partial charge < -0.3 is 10.1 Å². The smallest absolute Gasteiger partial charge is 0.247 e. The number of halogens is 2. The Morgan fingerprint density at radius 2 is 1.96 bits per heavy atom. The lowest BCUT2D eigenvalue weighted by atomic mass is 10.2. The van der Waals surface area contributed by atoms with E-state index in [1.165, 1.54) is 6.92 Å². The Morgan fingerprint density at radius 1 is 1.25 bits per heavy atom. The van der Waals surface area contributed by atoms with Gasteiger partial charge in [-0.2, -0.15) is 0 Å². The molecule has 0 spiro atoms. The zero-order valence-electron chi connectivity index (χ0n) is 15.4. The van der Waals surface area contributed by atoms with E-state index >= 15 is 0 Å². The van der Waals surface area contributed by atoms with Gasteiger partial charge in [0.25, 0.3) is 0 Å².